The van der Waals surface area contributed by atoms with Crippen LogP contribution in [0.4, 0.5) is 0 Å². The summed E-state index contributed by atoms with van der Waals surface area (Å²) in [5.41, 5.74) is 2.92. The second-order valence-electron chi connectivity index (χ2n) is 5.59. The molecule has 2 atom stereocenters. The molecule has 2 nitrogen and oxygen atoms in total. The molecule has 17 heavy (non-hydrogen) atoms. The third-order valence-corrected chi connectivity index (χ3v) is 4.26. The normalized spacial score (nSPS) is 29.2. The molecule has 1 N–H and O–H groups in total. The molecule has 0 aliphatic carbocycles. The largest absolute Gasteiger partial charge is 0.310 e. The van der Waals surface area contributed by atoms with Crippen LogP contribution in [0.25, 0.3) is 0 Å². The van der Waals surface area contributed by atoms with Gasteiger partial charge in [0.15, 0.2) is 0 Å². The van der Waals surface area contributed by atoms with Crippen LogP contribution in [-0.2, 0) is 6.54 Å². The Balaban J connectivity index is 1.67. The predicted molar refractivity (Wildman–Crippen MR) is 71.0 cm³/mol. The van der Waals surface area contributed by atoms with Crippen molar-refractivity contribution in [3.05, 3.63) is 35.4 Å². The van der Waals surface area contributed by atoms with E-state index in [1.165, 1.54) is 43.5 Å². The molecular weight excluding hydrogens is 208 g/mol. The van der Waals surface area contributed by atoms with Crippen molar-refractivity contribution >= 4 is 0 Å². The van der Waals surface area contributed by atoms with Crippen LogP contribution in [-0.4, -0.2) is 30.1 Å². The van der Waals surface area contributed by atoms with Crippen molar-refractivity contribution in [1.29, 1.82) is 0 Å². The Hall–Kier alpha value is -0.860. The molecule has 2 aliphatic heterocycles. The van der Waals surface area contributed by atoms with Gasteiger partial charge in [0.25, 0.3) is 0 Å². The molecule has 0 spiro atoms. The molecular formula is C15H22N2. The standard InChI is InChI=1S/C15H22N2/c1-12-4-2-3-5-13(12)10-17-9-8-14-6-7-15(11-17)16-14/h2-5,14-16H,6-11H2,1H3. The topological polar surface area (TPSA) is 15.3 Å². The highest BCUT2D eigenvalue weighted by Gasteiger charge is 2.29. The number of nitrogens with zero attached hydrogens (tertiary/aromatic N) is 1. The summed E-state index contributed by atoms with van der Waals surface area (Å²) in [7, 11) is 0. The number of nitrogens with one attached hydrogen (secondary N) is 1. The summed E-state index contributed by atoms with van der Waals surface area (Å²) >= 11 is 0. The Morgan fingerprint density at radius 3 is 2.88 bits per heavy atom. The van der Waals surface area contributed by atoms with Crippen molar-refractivity contribution in [1.82, 2.24) is 10.2 Å². The first-order valence-corrected chi connectivity index (χ1v) is 6.84. The number of likely N-dealkylation sites (tertiary alicyclic amines) is 1. The second-order valence-corrected chi connectivity index (χ2v) is 5.59. The fraction of sp³-hybridized carbons (Fsp3) is 0.600. The fourth-order valence-electron chi connectivity index (χ4n) is 3.19. The Morgan fingerprint density at radius 1 is 1.18 bits per heavy atom. The van der Waals surface area contributed by atoms with Gasteiger partial charge in [-0.2, -0.15) is 0 Å². The summed E-state index contributed by atoms with van der Waals surface area (Å²) in [6, 6.07) is 10.3. The van der Waals surface area contributed by atoms with Crippen LogP contribution in [0.1, 0.15) is 30.4 Å². The van der Waals surface area contributed by atoms with Crippen LogP contribution >= 0.6 is 0 Å². The smallest absolute Gasteiger partial charge is 0.0237 e. The Morgan fingerprint density at radius 2 is 2.00 bits per heavy atom. The zero-order chi connectivity index (χ0) is 11.7. The molecule has 2 heteroatoms. The number of fused-ring (bicyclic) bond motifs is 2. The van der Waals surface area contributed by atoms with Crippen molar-refractivity contribution < 1.29 is 0 Å². The number of hydrogen-bond acceptors (Lipinski definition) is 2. The highest BCUT2D eigenvalue weighted by Crippen LogP contribution is 2.22. The van der Waals surface area contributed by atoms with E-state index < -0.39 is 0 Å². The highest BCUT2D eigenvalue weighted by molar-refractivity contribution is 5.25. The van der Waals surface area contributed by atoms with Crippen molar-refractivity contribution in [3.63, 3.8) is 0 Å². The SMILES string of the molecule is Cc1ccccc1CN1CCC2CCC(C1)N2. The van der Waals surface area contributed by atoms with Gasteiger partial charge in [-0.05, 0) is 37.3 Å². The molecule has 2 bridgehead atoms. The minimum Gasteiger partial charge on any atom is -0.310 e. The molecule has 2 saturated heterocycles. The van der Waals surface area contributed by atoms with Crippen molar-refractivity contribution in [2.24, 2.45) is 0 Å². The van der Waals surface area contributed by atoms with Gasteiger partial charge in [0.2, 0.25) is 0 Å². The molecule has 2 fully saturated rings. The van der Waals surface area contributed by atoms with Crippen LogP contribution in [0.3, 0.4) is 0 Å². The molecule has 0 saturated carbocycles. The Kier molecular flexibility index (Phi) is 3.17. The van der Waals surface area contributed by atoms with E-state index in [0.29, 0.717) is 0 Å². The maximum Gasteiger partial charge on any atom is 0.0237 e. The van der Waals surface area contributed by atoms with Crippen molar-refractivity contribution in [3.8, 4) is 0 Å². The maximum absolute atomic E-state index is 3.74. The number of hydrogen-bond donors (Lipinski definition) is 1. The molecule has 2 unspecified atom stereocenters. The van der Waals surface area contributed by atoms with E-state index in [-0.39, 0.29) is 0 Å². The van der Waals surface area contributed by atoms with Gasteiger partial charge in [0.1, 0.15) is 0 Å². The zero-order valence-electron chi connectivity index (χ0n) is 10.7. The number of benzene rings is 1. The van der Waals surface area contributed by atoms with Crippen LogP contribution in [0.2, 0.25) is 0 Å². The summed E-state index contributed by atoms with van der Waals surface area (Å²) in [5, 5.41) is 3.74. The summed E-state index contributed by atoms with van der Waals surface area (Å²) in [4.78, 5) is 2.62. The average molecular weight is 230 g/mol. The minimum atomic E-state index is 0.742. The molecule has 0 radical (unpaired) electrons. The number of aryl methyl sites for hydroxylation is 1. The van der Waals surface area contributed by atoms with Crippen molar-refractivity contribution in [2.75, 3.05) is 13.1 Å². The molecule has 2 heterocycles. The third kappa shape index (κ3) is 2.53. The summed E-state index contributed by atoms with van der Waals surface area (Å²) < 4.78 is 0. The van der Waals surface area contributed by atoms with E-state index in [4.69, 9.17) is 0 Å². The van der Waals surface area contributed by atoms with Gasteiger partial charge in [-0.1, -0.05) is 24.3 Å². The second kappa shape index (κ2) is 4.79. The van der Waals surface area contributed by atoms with Gasteiger partial charge in [-0.15, -0.1) is 0 Å². The van der Waals surface area contributed by atoms with Crippen LogP contribution in [0, 0.1) is 6.92 Å². The van der Waals surface area contributed by atoms with Crippen LogP contribution in [0.5, 0.6) is 0 Å². The molecule has 92 valence electrons. The van der Waals surface area contributed by atoms with Crippen LogP contribution in [0.15, 0.2) is 24.3 Å². The van der Waals surface area contributed by atoms with Crippen LogP contribution < -0.4 is 5.32 Å². The fourth-order valence-corrected chi connectivity index (χ4v) is 3.19. The van der Waals surface area contributed by atoms with E-state index in [0.717, 1.165) is 18.6 Å². The van der Waals surface area contributed by atoms with E-state index in [1.807, 2.05) is 0 Å². The summed E-state index contributed by atoms with van der Waals surface area (Å²) in [5.74, 6) is 0. The lowest BCUT2D eigenvalue weighted by atomic mass is 10.1. The molecule has 1 aromatic rings. The molecule has 0 amide bonds. The lowest BCUT2D eigenvalue weighted by Gasteiger charge is -2.24. The van der Waals surface area contributed by atoms with Gasteiger partial charge in [0, 0.05) is 31.7 Å². The molecule has 3 rings (SSSR count). The van der Waals surface area contributed by atoms with Gasteiger partial charge >= 0.3 is 0 Å². The lowest BCUT2D eigenvalue weighted by molar-refractivity contribution is 0.250. The van der Waals surface area contributed by atoms with Gasteiger partial charge < -0.3 is 5.32 Å². The Bertz CT molecular complexity index is 388. The average Bonchev–Trinajstić information content (AvgIpc) is 2.65. The monoisotopic (exact) mass is 230 g/mol. The molecule has 1 aromatic carbocycles. The lowest BCUT2D eigenvalue weighted by Crippen LogP contribution is -2.35. The predicted octanol–water partition coefficient (Wildman–Crippen LogP) is 2.32. The van der Waals surface area contributed by atoms with Gasteiger partial charge in [0.05, 0.1) is 0 Å². The summed E-state index contributed by atoms with van der Waals surface area (Å²) in [6.45, 7) is 5.82. The van der Waals surface area contributed by atoms with E-state index in [2.05, 4.69) is 41.4 Å². The summed E-state index contributed by atoms with van der Waals surface area (Å²) in [6.07, 6.45) is 4.08. The Labute approximate surface area is 104 Å². The van der Waals surface area contributed by atoms with Gasteiger partial charge in [-0.25, -0.2) is 0 Å². The maximum atomic E-state index is 3.74. The van der Waals surface area contributed by atoms with Gasteiger partial charge in [-0.3, -0.25) is 4.90 Å². The highest BCUT2D eigenvalue weighted by atomic mass is 15.2. The van der Waals surface area contributed by atoms with E-state index >= 15 is 0 Å². The van der Waals surface area contributed by atoms with E-state index in [9.17, 15) is 0 Å². The van der Waals surface area contributed by atoms with E-state index in [1.54, 1.807) is 0 Å². The first-order chi connectivity index (χ1) is 8.31. The zero-order valence-corrected chi connectivity index (χ0v) is 10.7. The third-order valence-electron chi connectivity index (χ3n) is 4.26. The first kappa shape index (κ1) is 11.2. The first-order valence-electron chi connectivity index (χ1n) is 6.84. The quantitative estimate of drug-likeness (QED) is 0.839. The van der Waals surface area contributed by atoms with Crippen molar-refractivity contribution in [2.45, 2.75) is 44.8 Å². The minimum absolute atomic E-state index is 0.742. The molecule has 2 aliphatic rings. The molecule has 0 aromatic heterocycles. The number of rotatable bonds is 2.